The Hall–Kier alpha value is -1.74. The SMILES string of the molecule is CCC(Cl)OC(=O)[C@@H](C)c1ccc2cc(OC)ccc2c1. The van der Waals surface area contributed by atoms with Crippen molar-refractivity contribution >= 4 is 28.3 Å². The van der Waals surface area contributed by atoms with Crippen LogP contribution in [0.5, 0.6) is 5.75 Å². The predicted molar refractivity (Wildman–Crippen MR) is 84.9 cm³/mol. The van der Waals surface area contributed by atoms with Crippen LogP contribution in [0.3, 0.4) is 0 Å². The standard InChI is InChI=1S/C17H19ClO3/c1-4-16(18)21-17(19)11(2)12-5-6-14-10-15(20-3)8-7-13(14)9-12/h5-11,16H,4H2,1-3H3/t11-,16?/m0/s1. The number of methoxy groups -OCH3 is 1. The highest BCUT2D eigenvalue weighted by Gasteiger charge is 2.19. The number of rotatable bonds is 5. The van der Waals surface area contributed by atoms with E-state index in [4.69, 9.17) is 21.1 Å². The molecule has 0 aliphatic rings. The van der Waals surface area contributed by atoms with Crippen LogP contribution in [0.25, 0.3) is 10.8 Å². The van der Waals surface area contributed by atoms with Crippen molar-refractivity contribution in [2.75, 3.05) is 7.11 Å². The Morgan fingerprint density at radius 1 is 1.19 bits per heavy atom. The zero-order valence-electron chi connectivity index (χ0n) is 12.4. The van der Waals surface area contributed by atoms with Gasteiger partial charge in [-0.15, -0.1) is 0 Å². The Balaban J connectivity index is 2.24. The van der Waals surface area contributed by atoms with E-state index in [1.54, 1.807) is 7.11 Å². The first kappa shape index (κ1) is 15.6. The smallest absolute Gasteiger partial charge is 0.314 e. The number of esters is 1. The molecule has 0 fully saturated rings. The lowest BCUT2D eigenvalue weighted by atomic mass is 9.98. The van der Waals surface area contributed by atoms with Crippen LogP contribution >= 0.6 is 11.6 Å². The third-order valence-electron chi connectivity index (χ3n) is 3.49. The van der Waals surface area contributed by atoms with Crippen molar-refractivity contribution in [1.29, 1.82) is 0 Å². The van der Waals surface area contributed by atoms with Gasteiger partial charge in [0.05, 0.1) is 13.0 Å². The number of fused-ring (bicyclic) bond motifs is 1. The molecule has 3 nitrogen and oxygen atoms in total. The Morgan fingerprint density at radius 2 is 1.86 bits per heavy atom. The first-order valence-corrected chi connectivity index (χ1v) is 7.41. The molecule has 21 heavy (non-hydrogen) atoms. The fourth-order valence-electron chi connectivity index (χ4n) is 2.09. The molecule has 0 spiro atoms. The number of carbonyl (C=O) groups is 1. The molecule has 0 N–H and O–H groups in total. The number of hydrogen-bond donors (Lipinski definition) is 0. The first-order chi connectivity index (χ1) is 10.0. The van der Waals surface area contributed by atoms with Crippen LogP contribution in [-0.4, -0.2) is 18.6 Å². The summed E-state index contributed by atoms with van der Waals surface area (Å²) >= 11 is 5.86. The van der Waals surface area contributed by atoms with Crippen molar-refractivity contribution in [1.82, 2.24) is 0 Å². The van der Waals surface area contributed by atoms with Crippen LogP contribution in [0.4, 0.5) is 0 Å². The fraction of sp³-hybridized carbons (Fsp3) is 0.353. The van der Waals surface area contributed by atoms with Crippen LogP contribution in [0.15, 0.2) is 36.4 Å². The summed E-state index contributed by atoms with van der Waals surface area (Å²) in [6.45, 7) is 3.70. The number of ether oxygens (including phenoxy) is 2. The molecule has 2 aromatic rings. The molecule has 2 aromatic carbocycles. The minimum atomic E-state index is -0.565. The molecule has 0 amide bonds. The van der Waals surface area contributed by atoms with Crippen LogP contribution in [-0.2, 0) is 9.53 Å². The van der Waals surface area contributed by atoms with Gasteiger partial charge in [-0.2, -0.15) is 0 Å². The number of benzene rings is 2. The highest BCUT2D eigenvalue weighted by molar-refractivity contribution is 6.20. The zero-order chi connectivity index (χ0) is 15.4. The molecule has 1 unspecified atom stereocenters. The summed E-state index contributed by atoms with van der Waals surface area (Å²) in [5.74, 6) is 0.171. The van der Waals surface area contributed by atoms with Gasteiger partial charge in [0.25, 0.3) is 0 Å². The second-order valence-corrected chi connectivity index (χ2v) is 5.44. The fourth-order valence-corrected chi connectivity index (χ4v) is 2.17. The molecule has 0 aromatic heterocycles. The first-order valence-electron chi connectivity index (χ1n) is 6.97. The Bertz CT molecular complexity index is 639. The number of alkyl halides is 1. The molecule has 0 aliphatic carbocycles. The van der Waals surface area contributed by atoms with Gasteiger partial charge < -0.3 is 9.47 Å². The highest BCUT2D eigenvalue weighted by Crippen LogP contribution is 2.26. The minimum absolute atomic E-state index is 0.301. The number of carbonyl (C=O) groups excluding carboxylic acids is 1. The largest absolute Gasteiger partial charge is 0.497 e. The lowest BCUT2D eigenvalue weighted by molar-refractivity contribution is -0.146. The highest BCUT2D eigenvalue weighted by atomic mass is 35.5. The summed E-state index contributed by atoms with van der Waals surface area (Å²) in [5.41, 5.74) is 0.349. The van der Waals surface area contributed by atoms with Crippen molar-refractivity contribution in [2.45, 2.75) is 31.7 Å². The molecule has 112 valence electrons. The van der Waals surface area contributed by atoms with Crippen LogP contribution in [0.2, 0.25) is 0 Å². The van der Waals surface area contributed by atoms with Crippen molar-refractivity contribution in [3.05, 3.63) is 42.0 Å². The molecular formula is C17H19ClO3. The maximum atomic E-state index is 12.0. The molecule has 0 aliphatic heterocycles. The number of halogens is 1. The van der Waals surface area contributed by atoms with Gasteiger partial charge in [-0.25, -0.2) is 0 Å². The molecule has 2 atom stereocenters. The third kappa shape index (κ3) is 3.67. The van der Waals surface area contributed by atoms with Gasteiger partial charge in [-0.3, -0.25) is 4.79 Å². The molecule has 0 heterocycles. The predicted octanol–water partition coefficient (Wildman–Crippen LogP) is 4.47. The Labute approximate surface area is 129 Å². The molecule has 0 saturated heterocycles. The topological polar surface area (TPSA) is 35.5 Å². The van der Waals surface area contributed by atoms with Crippen molar-refractivity contribution < 1.29 is 14.3 Å². The maximum Gasteiger partial charge on any atom is 0.314 e. The summed E-state index contributed by atoms with van der Waals surface area (Å²) in [5, 5.41) is 2.13. The normalized spacial score (nSPS) is 13.7. The Kier molecular flexibility index (Phi) is 5.07. The molecule has 0 saturated carbocycles. The van der Waals surface area contributed by atoms with Gasteiger partial charge in [0, 0.05) is 0 Å². The zero-order valence-corrected chi connectivity index (χ0v) is 13.2. The van der Waals surface area contributed by atoms with E-state index in [0.29, 0.717) is 6.42 Å². The molecule has 0 bridgehead atoms. The van der Waals surface area contributed by atoms with Crippen molar-refractivity contribution in [3.8, 4) is 5.75 Å². The van der Waals surface area contributed by atoms with E-state index < -0.39 is 5.56 Å². The van der Waals surface area contributed by atoms with E-state index in [-0.39, 0.29) is 11.9 Å². The van der Waals surface area contributed by atoms with Gasteiger partial charge in [-0.1, -0.05) is 42.8 Å². The van der Waals surface area contributed by atoms with Gasteiger partial charge in [0.15, 0.2) is 5.56 Å². The van der Waals surface area contributed by atoms with E-state index >= 15 is 0 Å². The van der Waals surface area contributed by atoms with E-state index in [1.807, 2.05) is 50.2 Å². The molecule has 4 heteroatoms. The quantitative estimate of drug-likeness (QED) is 0.604. The van der Waals surface area contributed by atoms with Gasteiger partial charge in [-0.05, 0) is 41.8 Å². The van der Waals surface area contributed by atoms with Crippen molar-refractivity contribution in [2.24, 2.45) is 0 Å². The molecule has 0 radical (unpaired) electrons. The van der Waals surface area contributed by atoms with E-state index in [2.05, 4.69) is 0 Å². The average Bonchev–Trinajstić information content (AvgIpc) is 2.52. The van der Waals surface area contributed by atoms with Crippen LogP contribution in [0, 0.1) is 0 Å². The molecule has 2 rings (SSSR count). The summed E-state index contributed by atoms with van der Waals surface area (Å²) in [4.78, 5) is 12.0. The lowest BCUT2D eigenvalue weighted by Gasteiger charge is -2.15. The van der Waals surface area contributed by atoms with Crippen LogP contribution in [0.1, 0.15) is 31.7 Å². The van der Waals surface area contributed by atoms with E-state index in [1.165, 1.54) is 0 Å². The van der Waals surface area contributed by atoms with E-state index in [0.717, 1.165) is 22.1 Å². The molecular weight excluding hydrogens is 288 g/mol. The summed E-state index contributed by atoms with van der Waals surface area (Å²) < 4.78 is 10.4. The third-order valence-corrected chi connectivity index (χ3v) is 3.89. The van der Waals surface area contributed by atoms with Gasteiger partial charge in [0.1, 0.15) is 5.75 Å². The average molecular weight is 307 g/mol. The monoisotopic (exact) mass is 306 g/mol. The Morgan fingerprint density at radius 3 is 2.52 bits per heavy atom. The van der Waals surface area contributed by atoms with Gasteiger partial charge in [0.2, 0.25) is 0 Å². The minimum Gasteiger partial charge on any atom is -0.497 e. The second-order valence-electron chi connectivity index (χ2n) is 4.95. The summed E-state index contributed by atoms with van der Waals surface area (Å²) in [7, 11) is 1.64. The van der Waals surface area contributed by atoms with Gasteiger partial charge >= 0.3 is 5.97 Å². The summed E-state index contributed by atoms with van der Waals surface area (Å²) in [6.07, 6.45) is 0.595. The number of hydrogen-bond acceptors (Lipinski definition) is 3. The van der Waals surface area contributed by atoms with E-state index in [9.17, 15) is 4.79 Å². The van der Waals surface area contributed by atoms with Crippen molar-refractivity contribution in [3.63, 3.8) is 0 Å². The second kappa shape index (κ2) is 6.81. The van der Waals surface area contributed by atoms with Crippen LogP contribution < -0.4 is 4.74 Å². The lowest BCUT2D eigenvalue weighted by Crippen LogP contribution is -2.17. The maximum absolute atomic E-state index is 12.0. The summed E-state index contributed by atoms with van der Waals surface area (Å²) in [6, 6.07) is 11.8.